The summed E-state index contributed by atoms with van der Waals surface area (Å²) in [5.74, 6) is 0.267. The summed E-state index contributed by atoms with van der Waals surface area (Å²) in [5.41, 5.74) is 1.98. The van der Waals surface area contributed by atoms with Crippen LogP contribution in [0.15, 0.2) is 51.8 Å². The Labute approximate surface area is 179 Å². The van der Waals surface area contributed by atoms with Crippen LogP contribution in [0.4, 0.5) is 16.3 Å². The number of benzene rings is 1. The van der Waals surface area contributed by atoms with Crippen LogP contribution in [0, 0.1) is 6.92 Å². The van der Waals surface area contributed by atoms with E-state index in [4.69, 9.17) is 9.15 Å². The van der Waals surface area contributed by atoms with Crippen LogP contribution in [0.25, 0.3) is 11.0 Å². The standard InChI is InChI=1S/C22H24N4O5/c1-4-30-22(29)24-16-6-7-17-15(9-21(28)31-18(17)10-16)12-26(3)13-20(27)25-19-8-5-14(2)11-23-19/h5-11H,4,12-13H2,1-3H3,(H,24,29)(H,23,25,27). The Morgan fingerprint density at radius 3 is 2.68 bits per heavy atom. The van der Waals surface area contributed by atoms with Crippen molar-refractivity contribution < 1.29 is 18.7 Å². The van der Waals surface area contributed by atoms with Gasteiger partial charge in [-0.25, -0.2) is 14.6 Å². The Morgan fingerprint density at radius 2 is 1.97 bits per heavy atom. The molecule has 0 atom stereocenters. The number of anilines is 2. The highest BCUT2D eigenvalue weighted by Gasteiger charge is 2.13. The number of carbonyl (C=O) groups excluding carboxylic acids is 2. The van der Waals surface area contributed by atoms with Crippen LogP contribution < -0.4 is 16.3 Å². The number of nitrogens with zero attached hydrogens (tertiary/aromatic N) is 2. The number of rotatable bonds is 7. The number of hydrogen-bond donors (Lipinski definition) is 2. The van der Waals surface area contributed by atoms with Crippen LogP contribution in [0.3, 0.4) is 0 Å². The zero-order valence-corrected chi connectivity index (χ0v) is 17.6. The summed E-state index contributed by atoms with van der Waals surface area (Å²) >= 11 is 0. The monoisotopic (exact) mass is 424 g/mol. The molecule has 0 radical (unpaired) electrons. The van der Waals surface area contributed by atoms with Crippen molar-refractivity contribution in [2.24, 2.45) is 0 Å². The minimum Gasteiger partial charge on any atom is -0.450 e. The van der Waals surface area contributed by atoms with E-state index in [-0.39, 0.29) is 19.1 Å². The molecule has 0 aliphatic heterocycles. The zero-order chi connectivity index (χ0) is 22.4. The lowest BCUT2D eigenvalue weighted by molar-refractivity contribution is -0.117. The van der Waals surface area contributed by atoms with Gasteiger partial charge in [0.15, 0.2) is 0 Å². The van der Waals surface area contributed by atoms with Gasteiger partial charge in [-0.2, -0.15) is 0 Å². The Morgan fingerprint density at radius 1 is 1.16 bits per heavy atom. The van der Waals surface area contributed by atoms with Gasteiger partial charge >= 0.3 is 11.7 Å². The highest BCUT2D eigenvalue weighted by Crippen LogP contribution is 2.22. The molecule has 2 N–H and O–H groups in total. The van der Waals surface area contributed by atoms with Gasteiger partial charge in [0, 0.05) is 35.9 Å². The third-order valence-electron chi connectivity index (χ3n) is 4.38. The molecule has 3 rings (SSSR count). The number of hydrogen-bond acceptors (Lipinski definition) is 7. The number of aryl methyl sites for hydroxylation is 1. The van der Waals surface area contributed by atoms with Crippen molar-refractivity contribution in [1.29, 1.82) is 0 Å². The molecule has 0 bridgehead atoms. The molecule has 3 aromatic rings. The third kappa shape index (κ3) is 6.13. The first-order chi connectivity index (χ1) is 14.8. The maximum atomic E-state index is 12.3. The van der Waals surface area contributed by atoms with Gasteiger partial charge in [-0.3, -0.25) is 15.0 Å². The summed E-state index contributed by atoms with van der Waals surface area (Å²) in [6.07, 6.45) is 1.09. The molecule has 1 aromatic carbocycles. The maximum Gasteiger partial charge on any atom is 0.411 e. The van der Waals surface area contributed by atoms with Gasteiger partial charge in [0.1, 0.15) is 11.4 Å². The minimum atomic E-state index is -0.589. The molecule has 0 unspecified atom stereocenters. The molecular formula is C22H24N4O5. The average molecular weight is 424 g/mol. The fourth-order valence-electron chi connectivity index (χ4n) is 3.04. The SMILES string of the molecule is CCOC(=O)Nc1ccc2c(CN(C)CC(=O)Nc3ccc(C)cn3)cc(=O)oc2c1. The van der Waals surface area contributed by atoms with Gasteiger partial charge < -0.3 is 14.5 Å². The first kappa shape index (κ1) is 22.0. The number of fused-ring (bicyclic) bond motifs is 1. The van der Waals surface area contributed by atoms with Gasteiger partial charge in [0.2, 0.25) is 5.91 Å². The van der Waals surface area contributed by atoms with Crippen molar-refractivity contribution >= 4 is 34.5 Å². The van der Waals surface area contributed by atoms with Gasteiger partial charge in [-0.05, 0) is 50.2 Å². The first-order valence-corrected chi connectivity index (χ1v) is 9.75. The van der Waals surface area contributed by atoms with E-state index < -0.39 is 11.7 Å². The maximum absolute atomic E-state index is 12.3. The minimum absolute atomic E-state index is 0.111. The van der Waals surface area contributed by atoms with Gasteiger partial charge in [0.25, 0.3) is 0 Å². The van der Waals surface area contributed by atoms with Crippen LogP contribution in [0.5, 0.6) is 0 Å². The van der Waals surface area contributed by atoms with Crippen LogP contribution in [-0.2, 0) is 16.1 Å². The highest BCUT2D eigenvalue weighted by atomic mass is 16.5. The van der Waals surface area contributed by atoms with Crippen molar-refractivity contribution in [3.63, 3.8) is 0 Å². The van der Waals surface area contributed by atoms with Crippen LogP contribution >= 0.6 is 0 Å². The van der Waals surface area contributed by atoms with Crippen molar-refractivity contribution in [2.45, 2.75) is 20.4 Å². The lowest BCUT2D eigenvalue weighted by atomic mass is 10.1. The van der Waals surface area contributed by atoms with Crippen LogP contribution in [0.1, 0.15) is 18.1 Å². The Hall–Kier alpha value is -3.72. The molecule has 162 valence electrons. The fourth-order valence-corrected chi connectivity index (χ4v) is 3.04. The van der Waals surface area contributed by atoms with E-state index in [9.17, 15) is 14.4 Å². The summed E-state index contributed by atoms with van der Waals surface area (Å²) in [7, 11) is 1.78. The molecule has 0 saturated heterocycles. The lowest BCUT2D eigenvalue weighted by Gasteiger charge is -2.17. The van der Waals surface area contributed by atoms with E-state index >= 15 is 0 Å². The second-order valence-corrected chi connectivity index (χ2v) is 7.09. The molecule has 2 amide bonds. The zero-order valence-electron chi connectivity index (χ0n) is 17.6. The molecule has 2 heterocycles. The summed E-state index contributed by atoms with van der Waals surface area (Å²) in [6.45, 7) is 4.34. The summed E-state index contributed by atoms with van der Waals surface area (Å²) in [4.78, 5) is 41.9. The van der Waals surface area contributed by atoms with E-state index in [1.165, 1.54) is 6.07 Å². The molecule has 9 heteroatoms. The molecule has 0 aliphatic carbocycles. The predicted octanol–water partition coefficient (Wildman–Crippen LogP) is 3.14. The second kappa shape index (κ2) is 9.86. The fraction of sp³-hybridized carbons (Fsp3) is 0.273. The van der Waals surface area contributed by atoms with Crippen LogP contribution in [-0.4, -0.2) is 42.1 Å². The Bertz CT molecular complexity index is 1140. The Balaban J connectivity index is 1.71. The molecule has 0 aliphatic rings. The van der Waals surface area contributed by atoms with E-state index in [0.29, 0.717) is 34.6 Å². The van der Waals surface area contributed by atoms with Crippen molar-refractivity contribution in [1.82, 2.24) is 9.88 Å². The number of aromatic nitrogens is 1. The number of carbonyl (C=O) groups is 2. The topological polar surface area (TPSA) is 114 Å². The number of amides is 2. The Kier molecular flexibility index (Phi) is 6.99. The summed E-state index contributed by atoms with van der Waals surface area (Å²) in [5, 5.41) is 6.03. The molecule has 0 saturated carbocycles. The molecular weight excluding hydrogens is 400 g/mol. The molecule has 2 aromatic heterocycles. The third-order valence-corrected chi connectivity index (χ3v) is 4.38. The number of ether oxygens (including phenoxy) is 1. The van der Waals surface area contributed by atoms with Crippen molar-refractivity contribution in [3.8, 4) is 0 Å². The first-order valence-electron chi connectivity index (χ1n) is 9.75. The van der Waals surface area contributed by atoms with Crippen molar-refractivity contribution in [3.05, 3.63) is 64.1 Å². The van der Waals surface area contributed by atoms with E-state index in [2.05, 4.69) is 15.6 Å². The van der Waals surface area contributed by atoms with Gasteiger partial charge in [-0.15, -0.1) is 0 Å². The largest absolute Gasteiger partial charge is 0.450 e. The van der Waals surface area contributed by atoms with Crippen molar-refractivity contribution in [2.75, 3.05) is 30.8 Å². The number of likely N-dealkylation sites (N-methyl/N-ethyl adjacent to an activating group) is 1. The van der Waals surface area contributed by atoms with E-state index in [0.717, 1.165) is 5.56 Å². The molecule has 0 fully saturated rings. The van der Waals surface area contributed by atoms with E-state index in [1.54, 1.807) is 49.3 Å². The van der Waals surface area contributed by atoms with E-state index in [1.807, 2.05) is 13.0 Å². The summed E-state index contributed by atoms with van der Waals surface area (Å²) < 4.78 is 10.1. The van der Waals surface area contributed by atoms with Gasteiger partial charge in [-0.1, -0.05) is 6.07 Å². The lowest BCUT2D eigenvalue weighted by Crippen LogP contribution is -2.30. The number of pyridine rings is 1. The highest BCUT2D eigenvalue weighted by molar-refractivity contribution is 5.91. The average Bonchev–Trinajstić information content (AvgIpc) is 2.69. The molecule has 9 nitrogen and oxygen atoms in total. The van der Waals surface area contributed by atoms with Crippen LogP contribution in [0.2, 0.25) is 0 Å². The second-order valence-electron chi connectivity index (χ2n) is 7.09. The quantitative estimate of drug-likeness (QED) is 0.560. The van der Waals surface area contributed by atoms with Gasteiger partial charge in [0.05, 0.1) is 13.2 Å². The number of nitrogens with one attached hydrogen (secondary N) is 2. The molecule has 31 heavy (non-hydrogen) atoms. The normalized spacial score (nSPS) is 10.8. The summed E-state index contributed by atoms with van der Waals surface area (Å²) in [6, 6.07) is 10.0. The smallest absolute Gasteiger partial charge is 0.411 e. The predicted molar refractivity (Wildman–Crippen MR) is 117 cm³/mol. The molecule has 0 spiro atoms.